The topological polar surface area (TPSA) is 109 Å². The average molecular weight is 286 g/mol. The number of hydrogen-bond donors (Lipinski definition) is 1. The highest BCUT2D eigenvalue weighted by molar-refractivity contribution is 6.02. The van der Waals surface area contributed by atoms with Gasteiger partial charge in [-0.3, -0.25) is 14.9 Å². The van der Waals surface area contributed by atoms with E-state index in [4.69, 9.17) is 5.26 Å². The number of rotatable bonds is 3. The highest BCUT2D eigenvalue weighted by atomic mass is 19.1. The van der Waals surface area contributed by atoms with Crippen LogP contribution in [0.25, 0.3) is 0 Å². The van der Waals surface area contributed by atoms with Crippen LogP contribution < -0.4 is 5.32 Å². The first-order valence-corrected chi connectivity index (χ1v) is 5.62. The van der Waals surface area contributed by atoms with Crippen LogP contribution in [0, 0.1) is 27.3 Å². The van der Waals surface area contributed by atoms with Crippen LogP contribution in [-0.4, -0.2) is 15.8 Å². The van der Waals surface area contributed by atoms with Crippen molar-refractivity contribution in [3.05, 3.63) is 63.7 Å². The lowest BCUT2D eigenvalue weighted by atomic mass is 10.2. The first-order valence-electron chi connectivity index (χ1n) is 5.62. The second kappa shape index (κ2) is 5.75. The summed E-state index contributed by atoms with van der Waals surface area (Å²) in [4.78, 5) is 25.2. The Morgan fingerprint density at radius 2 is 2.14 bits per heavy atom. The number of halogens is 1. The molecule has 0 fully saturated rings. The van der Waals surface area contributed by atoms with E-state index in [1.807, 2.05) is 6.07 Å². The van der Waals surface area contributed by atoms with Crippen LogP contribution in [0.15, 0.2) is 36.5 Å². The molecule has 2 aromatic rings. The van der Waals surface area contributed by atoms with Crippen molar-refractivity contribution >= 4 is 17.3 Å². The van der Waals surface area contributed by atoms with E-state index in [0.29, 0.717) is 5.56 Å². The van der Waals surface area contributed by atoms with E-state index < -0.39 is 22.3 Å². The Kier molecular flexibility index (Phi) is 3.85. The summed E-state index contributed by atoms with van der Waals surface area (Å²) in [5.74, 6) is -1.67. The standard InChI is InChI=1S/C13H7FN4O3/c14-10-5-9(2-4-12(10)18(20)21)17-13(19)11-3-1-8(6-15)7-16-11/h1-5,7H,(H,17,19). The van der Waals surface area contributed by atoms with E-state index in [1.54, 1.807) is 0 Å². The number of nitrogens with one attached hydrogen (secondary N) is 1. The smallest absolute Gasteiger partial charge is 0.304 e. The minimum atomic E-state index is -1.05. The molecule has 0 aliphatic rings. The number of hydrogen-bond acceptors (Lipinski definition) is 5. The molecule has 0 aliphatic carbocycles. The molecule has 7 nitrogen and oxygen atoms in total. The zero-order valence-corrected chi connectivity index (χ0v) is 10.4. The molecule has 2 rings (SSSR count). The fourth-order valence-corrected chi connectivity index (χ4v) is 1.52. The summed E-state index contributed by atoms with van der Waals surface area (Å²) in [6.45, 7) is 0. The lowest BCUT2D eigenvalue weighted by Gasteiger charge is -2.04. The van der Waals surface area contributed by atoms with Crippen molar-refractivity contribution in [2.75, 3.05) is 5.32 Å². The molecule has 8 heteroatoms. The average Bonchev–Trinajstić information content (AvgIpc) is 2.47. The van der Waals surface area contributed by atoms with E-state index >= 15 is 0 Å². The molecular formula is C13H7FN4O3. The lowest BCUT2D eigenvalue weighted by Crippen LogP contribution is -2.13. The second-order valence-electron chi connectivity index (χ2n) is 3.92. The van der Waals surface area contributed by atoms with Crippen molar-refractivity contribution in [2.24, 2.45) is 0 Å². The summed E-state index contributed by atoms with van der Waals surface area (Å²) in [5.41, 5.74) is -0.278. The molecule has 0 saturated carbocycles. The number of amides is 1. The van der Waals surface area contributed by atoms with Crippen LogP contribution in [0.1, 0.15) is 16.1 Å². The van der Waals surface area contributed by atoms with Gasteiger partial charge in [0, 0.05) is 24.0 Å². The predicted molar refractivity (Wildman–Crippen MR) is 70.0 cm³/mol. The summed E-state index contributed by atoms with van der Waals surface area (Å²) >= 11 is 0. The molecule has 0 atom stereocenters. The van der Waals surface area contributed by atoms with E-state index in [2.05, 4.69) is 10.3 Å². The third-order valence-electron chi connectivity index (χ3n) is 2.53. The molecule has 1 aromatic heterocycles. The normalized spacial score (nSPS) is 9.71. The SMILES string of the molecule is N#Cc1ccc(C(=O)Nc2ccc([N+](=O)[O-])c(F)c2)nc1. The van der Waals surface area contributed by atoms with Crippen molar-refractivity contribution in [3.8, 4) is 6.07 Å². The summed E-state index contributed by atoms with van der Waals surface area (Å²) in [6.07, 6.45) is 1.23. The maximum Gasteiger partial charge on any atom is 0.304 e. The summed E-state index contributed by atoms with van der Waals surface area (Å²) in [7, 11) is 0. The zero-order chi connectivity index (χ0) is 15.4. The van der Waals surface area contributed by atoms with Gasteiger partial charge in [0.25, 0.3) is 5.91 Å². The van der Waals surface area contributed by atoms with Gasteiger partial charge in [-0.25, -0.2) is 4.98 Å². The summed E-state index contributed by atoms with van der Waals surface area (Å²) in [5, 5.41) is 21.5. The highest BCUT2D eigenvalue weighted by Crippen LogP contribution is 2.21. The first-order chi connectivity index (χ1) is 10.0. The molecule has 0 unspecified atom stereocenters. The van der Waals surface area contributed by atoms with Crippen LogP contribution in [0.4, 0.5) is 15.8 Å². The quantitative estimate of drug-likeness (QED) is 0.687. The number of pyridine rings is 1. The van der Waals surface area contributed by atoms with Crippen LogP contribution >= 0.6 is 0 Å². The molecule has 0 saturated heterocycles. The number of nitriles is 1. The number of benzene rings is 1. The molecule has 1 N–H and O–H groups in total. The van der Waals surface area contributed by atoms with Gasteiger partial charge in [-0.05, 0) is 18.2 Å². The third-order valence-corrected chi connectivity index (χ3v) is 2.53. The maximum absolute atomic E-state index is 13.4. The third kappa shape index (κ3) is 3.16. The fourth-order valence-electron chi connectivity index (χ4n) is 1.52. The number of nitrogens with zero attached hydrogens (tertiary/aromatic N) is 3. The number of nitro benzene ring substituents is 1. The molecule has 0 spiro atoms. The Morgan fingerprint density at radius 3 is 2.67 bits per heavy atom. The van der Waals surface area contributed by atoms with Gasteiger partial charge < -0.3 is 5.32 Å². The van der Waals surface area contributed by atoms with Crippen molar-refractivity contribution in [2.45, 2.75) is 0 Å². The molecule has 1 heterocycles. The Hall–Kier alpha value is -3.34. The van der Waals surface area contributed by atoms with E-state index in [1.165, 1.54) is 24.4 Å². The van der Waals surface area contributed by atoms with E-state index in [-0.39, 0.29) is 11.4 Å². The van der Waals surface area contributed by atoms with Crippen LogP contribution in [0.2, 0.25) is 0 Å². The van der Waals surface area contributed by atoms with Gasteiger partial charge in [0.1, 0.15) is 11.8 Å². The molecule has 1 amide bonds. The van der Waals surface area contributed by atoms with Crippen molar-refractivity contribution in [3.63, 3.8) is 0 Å². The van der Waals surface area contributed by atoms with Gasteiger partial charge in [0.2, 0.25) is 5.82 Å². The van der Waals surface area contributed by atoms with E-state index in [0.717, 1.165) is 12.1 Å². The fraction of sp³-hybridized carbons (Fsp3) is 0. The maximum atomic E-state index is 13.4. The number of carbonyl (C=O) groups excluding carboxylic acids is 1. The van der Waals surface area contributed by atoms with Crippen molar-refractivity contribution in [1.29, 1.82) is 5.26 Å². The monoisotopic (exact) mass is 286 g/mol. The second-order valence-corrected chi connectivity index (χ2v) is 3.92. The molecule has 0 bridgehead atoms. The number of carbonyl (C=O) groups is 1. The molecule has 21 heavy (non-hydrogen) atoms. The highest BCUT2D eigenvalue weighted by Gasteiger charge is 2.15. The van der Waals surface area contributed by atoms with Gasteiger partial charge in [-0.2, -0.15) is 9.65 Å². The van der Waals surface area contributed by atoms with Crippen LogP contribution in [0.5, 0.6) is 0 Å². The largest absolute Gasteiger partial charge is 0.321 e. The minimum Gasteiger partial charge on any atom is -0.321 e. The zero-order valence-electron chi connectivity index (χ0n) is 10.4. The van der Waals surface area contributed by atoms with Gasteiger partial charge in [0.05, 0.1) is 10.5 Å². The summed E-state index contributed by atoms with van der Waals surface area (Å²) < 4.78 is 13.4. The number of aromatic nitrogens is 1. The van der Waals surface area contributed by atoms with Crippen LogP contribution in [-0.2, 0) is 0 Å². The molecule has 104 valence electrons. The Bertz CT molecular complexity index is 753. The Labute approximate surface area is 117 Å². The lowest BCUT2D eigenvalue weighted by molar-refractivity contribution is -0.387. The van der Waals surface area contributed by atoms with Crippen LogP contribution in [0.3, 0.4) is 0 Å². The van der Waals surface area contributed by atoms with Gasteiger partial charge >= 0.3 is 5.69 Å². The molecule has 0 aliphatic heterocycles. The van der Waals surface area contributed by atoms with Gasteiger partial charge in [-0.1, -0.05) is 0 Å². The van der Waals surface area contributed by atoms with Gasteiger partial charge in [-0.15, -0.1) is 0 Å². The minimum absolute atomic E-state index is 0.0350. The number of nitro groups is 1. The first kappa shape index (κ1) is 14.1. The van der Waals surface area contributed by atoms with Crippen molar-refractivity contribution in [1.82, 2.24) is 4.98 Å². The molecule has 0 radical (unpaired) electrons. The predicted octanol–water partition coefficient (Wildman–Crippen LogP) is 2.25. The molecular weight excluding hydrogens is 279 g/mol. The summed E-state index contributed by atoms with van der Waals surface area (Å²) in [6, 6.07) is 7.63. The Morgan fingerprint density at radius 1 is 1.38 bits per heavy atom. The van der Waals surface area contributed by atoms with Crippen molar-refractivity contribution < 1.29 is 14.1 Å². The van der Waals surface area contributed by atoms with Gasteiger partial charge in [0.15, 0.2) is 0 Å². The Balaban J connectivity index is 2.17. The van der Waals surface area contributed by atoms with E-state index in [9.17, 15) is 19.3 Å². The number of anilines is 1. The molecule has 1 aromatic carbocycles.